The first-order valence-corrected chi connectivity index (χ1v) is 5.61. The van der Waals surface area contributed by atoms with Crippen LogP contribution in [0.2, 0.25) is 0 Å². The molecule has 0 spiro atoms. The van der Waals surface area contributed by atoms with E-state index >= 15 is 0 Å². The zero-order valence-electron chi connectivity index (χ0n) is 9.98. The van der Waals surface area contributed by atoms with Gasteiger partial charge >= 0.3 is 0 Å². The second-order valence-corrected chi connectivity index (χ2v) is 4.02. The zero-order valence-corrected chi connectivity index (χ0v) is 9.98. The van der Waals surface area contributed by atoms with Crippen LogP contribution in [0.4, 0.5) is 17.1 Å². The van der Waals surface area contributed by atoms with Gasteiger partial charge in [-0.15, -0.1) is 0 Å². The van der Waals surface area contributed by atoms with Gasteiger partial charge in [0.15, 0.2) is 5.52 Å². The Morgan fingerprint density at radius 2 is 1.90 bits per heavy atom. The maximum atomic E-state index is 11.1. The molecule has 8 nitrogen and oxygen atoms in total. The molecule has 8 heteroatoms. The molecule has 20 heavy (non-hydrogen) atoms. The second-order valence-electron chi connectivity index (χ2n) is 4.02. The van der Waals surface area contributed by atoms with Crippen LogP contribution < -0.4 is 5.32 Å². The summed E-state index contributed by atoms with van der Waals surface area (Å²) in [4.78, 5) is 10.6. The number of nitro benzene ring substituents is 1. The Labute approximate surface area is 111 Å². The topological polar surface area (TPSA) is 114 Å². The number of anilines is 2. The predicted molar refractivity (Wildman–Crippen MR) is 69.8 cm³/mol. The van der Waals surface area contributed by atoms with Crippen molar-refractivity contribution in [3.63, 3.8) is 0 Å². The third kappa shape index (κ3) is 1.99. The van der Waals surface area contributed by atoms with Gasteiger partial charge in [0.05, 0.1) is 4.92 Å². The molecule has 0 atom stereocenters. The fourth-order valence-electron chi connectivity index (χ4n) is 1.81. The van der Waals surface area contributed by atoms with Crippen LogP contribution in [0, 0.1) is 10.1 Å². The van der Waals surface area contributed by atoms with E-state index in [4.69, 9.17) is 0 Å². The SMILES string of the molecule is O=[N+]([O-])c1ccc2nonc2c1Nc1ccc(O)cc1. The number of hydrogen-bond acceptors (Lipinski definition) is 7. The van der Waals surface area contributed by atoms with Gasteiger partial charge in [0, 0.05) is 11.8 Å². The van der Waals surface area contributed by atoms with Gasteiger partial charge in [-0.1, -0.05) is 0 Å². The molecular weight excluding hydrogens is 264 g/mol. The highest BCUT2D eigenvalue weighted by atomic mass is 16.6. The lowest BCUT2D eigenvalue weighted by atomic mass is 10.2. The summed E-state index contributed by atoms with van der Waals surface area (Å²) in [6.07, 6.45) is 0. The number of hydrogen-bond donors (Lipinski definition) is 2. The molecule has 1 aromatic heterocycles. The van der Waals surface area contributed by atoms with Gasteiger partial charge in [-0.2, -0.15) is 0 Å². The highest BCUT2D eigenvalue weighted by Gasteiger charge is 2.20. The molecule has 0 unspecified atom stereocenters. The summed E-state index contributed by atoms with van der Waals surface area (Å²) in [5.41, 5.74) is 1.31. The molecule has 0 aliphatic rings. The summed E-state index contributed by atoms with van der Waals surface area (Å²) in [6.45, 7) is 0. The van der Waals surface area contributed by atoms with Crippen molar-refractivity contribution >= 4 is 28.1 Å². The molecule has 0 fully saturated rings. The number of rotatable bonds is 3. The number of nitrogens with one attached hydrogen (secondary N) is 1. The highest BCUT2D eigenvalue weighted by Crippen LogP contribution is 2.33. The van der Waals surface area contributed by atoms with Crippen molar-refractivity contribution < 1.29 is 14.7 Å². The molecule has 0 radical (unpaired) electrons. The van der Waals surface area contributed by atoms with E-state index in [-0.39, 0.29) is 22.6 Å². The van der Waals surface area contributed by atoms with Crippen LogP contribution in [0.15, 0.2) is 41.0 Å². The van der Waals surface area contributed by atoms with Crippen LogP contribution in [-0.4, -0.2) is 20.3 Å². The molecule has 0 saturated carbocycles. The lowest BCUT2D eigenvalue weighted by molar-refractivity contribution is -0.383. The van der Waals surface area contributed by atoms with Crippen LogP contribution >= 0.6 is 0 Å². The molecule has 2 aromatic carbocycles. The highest BCUT2D eigenvalue weighted by molar-refractivity contribution is 5.94. The number of phenols is 1. The Bertz CT molecular complexity index is 782. The summed E-state index contributed by atoms with van der Waals surface area (Å²) in [7, 11) is 0. The third-order valence-electron chi connectivity index (χ3n) is 2.74. The molecule has 2 N–H and O–H groups in total. The minimum atomic E-state index is -0.517. The Morgan fingerprint density at radius 3 is 2.60 bits per heavy atom. The van der Waals surface area contributed by atoms with Crippen LogP contribution in [-0.2, 0) is 0 Å². The van der Waals surface area contributed by atoms with Gasteiger partial charge in [0.25, 0.3) is 5.69 Å². The van der Waals surface area contributed by atoms with Crippen LogP contribution in [0.25, 0.3) is 11.0 Å². The van der Waals surface area contributed by atoms with Crippen molar-refractivity contribution in [1.82, 2.24) is 10.3 Å². The smallest absolute Gasteiger partial charge is 0.295 e. The molecule has 0 amide bonds. The number of aromatic nitrogens is 2. The summed E-state index contributed by atoms with van der Waals surface area (Å²) in [6, 6.07) is 8.91. The van der Waals surface area contributed by atoms with Gasteiger partial charge in [-0.05, 0) is 40.6 Å². The summed E-state index contributed by atoms with van der Waals surface area (Å²) in [5, 5.41) is 30.5. The van der Waals surface area contributed by atoms with Crippen molar-refractivity contribution in [2.75, 3.05) is 5.32 Å². The average Bonchev–Trinajstić information content (AvgIpc) is 2.90. The monoisotopic (exact) mass is 272 g/mol. The van der Waals surface area contributed by atoms with Gasteiger partial charge in [-0.3, -0.25) is 10.1 Å². The first-order valence-electron chi connectivity index (χ1n) is 5.61. The quantitative estimate of drug-likeness (QED) is 0.427. The standard InChI is InChI=1S/C12H8N4O4/c17-8-3-1-7(2-4-8)13-12-10(16(18)19)6-5-9-11(12)15-20-14-9/h1-6,13,17H. The molecular formula is C12H8N4O4. The molecule has 0 saturated heterocycles. The van der Waals surface area contributed by atoms with E-state index in [2.05, 4.69) is 20.3 Å². The van der Waals surface area contributed by atoms with Gasteiger partial charge in [-0.25, -0.2) is 4.63 Å². The lowest BCUT2D eigenvalue weighted by Crippen LogP contribution is -1.98. The summed E-state index contributed by atoms with van der Waals surface area (Å²) < 4.78 is 4.59. The Hall–Kier alpha value is -3.16. The molecule has 0 aliphatic heterocycles. The van der Waals surface area contributed by atoms with E-state index in [1.165, 1.54) is 24.3 Å². The minimum Gasteiger partial charge on any atom is -0.508 e. The molecule has 3 rings (SSSR count). The van der Waals surface area contributed by atoms with E-state index in [0.717, 1.165) is 0 Å². The van der Waals surface area contributed by atoms with Crippen molar-refractivity contribution in [1.29, 1.82) is 0 Å². The van der Waals surface area contributed by atoms with E-state index < -0.39 is 4.92 Å². The Kier molecular flexibility index (Phi) is 2.68. The van der Waals surface area contributed by atoms with Crippen LogP contribution in [0.3, 0.4) is 0 Å². The van der Waals surface area contributed by atoms with E-state index in [0.29, 0.717) is 11.2 Å². The Balaban J connectivity index is 2.12. The van der Waals surface area contributed by atoms with Crippen molar-refractivity contribution in [2.24, 2.45) is 0 Å². The molecule has 0 bridgehead atoms. The van der Waals surface area contributed by atoms with Crippen molar-refractivity contribution in [3.05, 3.63) is 46.5 Å². The summed E-state index contributed by atoms with van der Waals surface area (Å²) in [5.74, 6) is 0.103. The van der Waals surface area contributed by atoms with Crippen molar-refractivity contribution in [3.8, 4) is 5.75 Å². The fraction of sp³-hybridized carbons (Fsp3) is 0. The van der Waals surface area contributed by atoms with Crippen LogP contribution in [0.1, 0.15) is 0 Å². The number of nitro groups is 1. The normalized spacial score (nSPS) is 10.6. The van der Waals surface area contributed by atoms with Gasteiger partial charge < -0.3 is 10.4 Å². The van der Waals surface area contributed by atoms with E-state index in [1.807, 2.05) is 0 Å². The Morgan fingerprint density at radius 1 is 1.15 bits per heavy atom. The number of benzene rings is 2. The van der Waals surface area contributed by atoms with Gasteiger partial charge in [0.1, 0.15) is 17.0 Å². The predicted octanol–water partition coefficient (Wildman–Crippen LogP) is 2.58. The van der Waals surface area contributed by atoms with Gasteiger partial charge in [0.2, 0.25) is 0 Å². The van der Waals surface area contributed by atoms with Crippen LogP contribution in [0.5, 0.6) is 5.75 Å². The average molecular weight is 272 g/mol. The summed E-state index contributed by atoms with van der Waals surface area (Å²) >= 11 is 0. The first-order chi connectivity index (χ1) is 9.65. The number of aromatic hydroxyl groups is 1. The third-order valence-corrected chi connectivity index (χ3v) is 2.74. The first kappa shape index (κ1) is 11.9. The number of fused-ring (bicyclic) bond motifs is 1. The van der Waals surface area contributed by atoms with E-state index in [9.17, 15) is 15.2 Å². The number of nitrogens with zero attached hydrogens (tertiary/aromatic N) is 3. The molecule has 100 valence electrons. The minimum absolute atomic E-state index is 0.103. The lowest BCUT2D eigenvalue weighted by Gasteiger charge is -2.07. The zero-order chi connectivity index (χ0) is 14.1. The maximum absolute atomic E-state index is 11.1. The molecule has 0 aliphatic carbocycles. The van der Waals surface area contributed by atoms with E-state index in [1.54, 1.807) is 12.1 Å². The second kappa shape index (κ2) is 4.50. The van der Waals surface area contributed by atoms with Crippen molar-refractivity contribution in [2.45, 2.75) is 0 Å². The molecule has 3 aromatic rings. The molecule has 1 heterocycles. The fourth-order valence-corrected chi connectivity index (χ4v) is 1.81. The number of phenolic OH excluding ortho intramolecular Hbond substituents is 1. The maximum Gasteiger partial charge on any atom is 0.295 e. The largest absolute Gasteiger partial charge is 0.508 e.